The lowest BCUT2D eigenvalue weighted by atomic mass is 10.2. The molecule has 0 spiro atoms. The van der Waals surface area contributed by atoms with Gasteiger partial charge in [-0.3, -0.25) is 5.32 Å². The topological polar surface area (TPSA) is 91.4 Å². The van der Waals surface area contributed by atoms with E-state index in [0.717, 1.165) is 10.6 Å². The Bertz CT molecular complexity index is 1020. The third-order valence-corrected chi connectivity index (χ3v) is 7.88. The molecule has 1 aromatic carbocycles. The first-order valence-corrected chi connectivity index (χ1v) is 11.6. The zero-order valence-corrected chi connectivity index (χ0v) is 18.7. The summed E-state index contributed by atoms with van der Waals surface area (Å²) in [6.45, 7) is 5.92. The van der Waals surface area contributed by atoms with Crippen molar-refractivity contribution in [1.29, 1.82) is 0 Å². The van der Waals surface area contributed by atoms with Crippen LogP contribution in [0.5, 0.6) is 0 Å². The predicted octanol–water partition coefficient (Wildman–Crippen LogP) is 4.04. The highest BCUT2D eigenvalue weighted by molar-refractivity contribution is 7.89. The lowest BCUT2D eigenvalue weighted by Crippen LogP contribution is -2.35. The summed E-state index contributed by atoms with van der Waals surface area (Å²) in [6, 6.07) is 2.60. The predicted molar refractivity (Wildman–Crippen MR) is 112 cm³/mol. The normalized spacial score (nSPS) is 14.8. The third-order valence-electron chi connectivity index (χ3n) is 4.17. The van der Waals surface area contributed by atoms with E-state index in [-0.39, 0.29) is 35.1 Å². The lowest BCUT2D eigenvalue weighted by Gasteiger charge is -2.26. The van der Waals surface area contributed by atoms with Gasteiger partial charge < -0.3 is 5.32 Å². The number of aryl methyl sites for hydroxylation is 1. The van der Waals surface area contributed by atoms with Gasteiger partial charge in [-0.25, -0.2) is 18.2 Å². The number of amides is 2. The van der Waals surface area contributed by atoms with E-state index in [9.17, 15) is 13.2 Å². The Kier molecular flexibility index (Phi) is 6.21. The summed E-state index contributed by atoms with van der Waals surface area (Å²) >= 11 is 13.5. The number of sulfonamides is 1. The molecule has 0 atom stereocenters. The smallest absolute Gasteiger partial charge is 0.321 e. The lowest BCUT2D eigenvalue weighted by molar-refractivity contribution is 0.250. The van der Waals surface area contributed by atoms with Crippen molar-refractivity contribution in [2.75, 3.05) is 11.9 Å². The Morgan fingerprint density at radius 3 is 2.68 bits per heavy atom. The van der Waals surface area contributed by atoms with Crippen molar-refractivity contribution in [2.24, 2.45) is 0 Å². The summed E-state index contributed by atoms with van der Waals surface area (Å²) in [6.07, 6.45) is 0.461. The van der Waals surface area contributed by atoms with E-state index in [0.29, 0.717) is 22.1 Å². The monoisotopic (exact) mass is 462 g/mol. The molecule has 3 rings (SSSR count). The number of urea groups is 1. The number of hydrogen-bond donors (Lipinski definition) is 2. The molecule has 1 aliphatic rings. The minimum atomic E-state index is -3.78. The molecule has 0 bridgehead atoms. The standard InChI is InChI=1S/C17H20Cl2N4O3S2/c1-9(2)20-16(24)22-17-21-13-4-5-23(8-14(13)27-17)28(25,26)15-6-10(3)11(18)7-12(15)19/h6-7,9H,4-5,8H2,1-3H3,(H2,20,21,22,24). The molecule has 152 valence electrons. The van der Waals surface area contributed by atoms with Gasteiger partial charge in [-0.2, -0.15) is 4.31 Å². The molecule has 0 saturated heterocycles. The van der Waals surface area contributed by atoms with Crippen molar-refractivity contribution in [3.63, 3.8) is 0 Å². The Morgan fingerprint density at radius 2 is 2.00 bits per heavy atom. The van der Waals surface area contributed by atoms with Gasteiger partial charge in [0.15, 0.2) is 5.13 Å². The zero-order valence-electron chi connectivity index (χ0n) is 15.5. The van der Waals surface area contributed by atoms with Crippen LogP contribution in [0.3, 0.4) is 0 Å². The van der Waals surface area contributed by atoms with Crippen molar-refractivity contribution in [3.8, 4) is 0 Å². The summed E-state index contributed by atoms with van der Waals surface area (Å²) in [4.78, 5) is 17.1. The van der Waals surface area contributed by atoms with E-state index >= 15 is 0 Å². The van der Waals surface area contributed by atoms with E-state index < -0.39 is 10.0 Å². The summed E-state index contributed by atoms with van der Waals surface area (Å²) in [5.41, 5.74) is 1.44. The third kappa shape index (κ3) is 4.44. The first-order chi connectivity index (χ1) is 13.1. The van der Waals surface area contributed by atoms with E-state index in [1.165, 1.54) is 27.8 Å². The van der Waals surface area contributed by atoms with Gasteiger partial charge in [0.05, 0.1) is 17.3 Å². The van der Waals surface area contributed by atoms with Crippen LogP contribution in [0.25, 0.3) is 0 Å². The van der Waals surface area contributed by atoms with Crippen LogP contribution in [0.1, 0.15) is 30.0 Å². The molecule has 11 heteroatoms. The van der Waals surface area contributed by atoms with Gasteiger partial charge in [-0.15, -0.1) is 0 Å². The highest BCUT2D eigenvalue weighted by Gasteiger charge is 2.32. The summed E-state index contributed by atoms with van der Waals surface area (Å²) < 4.78 is 27.6. The molecular formula is C17H20Cl2N4O3S2. The van der Waals surface area contributed by atoms with Gasteiger partial charge in [0.2, 0.25) is 10.0 Å². The van der Waals surface area contributed by atoms with Gasteiger partial charge in [0, 0.05) is 28.9 Å². The Labute approximate surface area is 178 Å². The van der Waals surface area contributed by atoms with Crippen LogP contribution in [0.2, 0.25) is 10.0 Å². The van der Waals surface area contributed by atoms with Gasteiger partial charge >= 0.3 is 6.03 Å². The number of carbonyl (C=O) groups is 1. The molecule has 0 aliphatic carbocycles. The second-order valence-corrected chi connectivity index (χ2v) is 10.6. The SMILES string of the molecule is Cc1cc(S(=O)(=O)N2CCc3nc(NC(=O)NC(C)C)sc3C2)c(Cl)cc1Cl. The minimum absolute atomic E-state index is 0.00259. The molecule has 2 N–H and O–H groups in total. The van der Waals surface area contributed by atoms with Crippen LogP contribution >= 0.6 is 34.5 Å². The first-order valence-electron chi connectivity index (χ1n) is 8.60. The summed E-state index contributed by atoms with van der Waals surface area (Å²) in [5.74, 6) is 0. The second kappa shape index (κ2) is 8.16. The van der Waals surface area contributed by atoms with Crippen molar-refractivity contribution in [2.45, 2.75) is 44.7 Å². The fourth-order valence-electron chi connectivity index (χ4n) is 2.79. The van der Waals surface area contributed by atoms with E-state index in [1.807, 2.05) is 13.8 Å². The number of halogens is 2. The fraction of sp³-hybridized carbons (Fsp3) is 0.412. The van der Waals surface area contributed by atoms with Crippen molar-refractivity contribution in [1.82, 2.24) is 14.6 Å². The number of benzene rings is 1. The second-order valence-electron chi connectivity index (χ2n) is 6.76. The maximum atomic E-state index is 13.1. The number of nitrogens with one attached hydrogen (secondary N) is 2. The number of aromatic nitrogens is 1. The maximum absolute atomic E-state index is 13.1. The van der Waals surface area contributed by atoms with Crippen LogP contribution in [-0.2, 0) is 23.0 Å². The van der Waals surface area contributed by atoms with Gasteiger partial charge in [0.1, 0.15) is 4.90 Å². The molecule has 0 saturated carbocycles. The van der Waals surface area contributed by atoms with Crippen LogP contribution in [-0.4, -0.2) is 36.3 Å². The molecular weight excluding hydrogens is 443 g/mol. The summed E-state index contributed by atoms with van der Waals surface area (Å²) in [7, 11) is -3.78. The molecule has 0 radical (unpaired) electrons. The van der Waals surface area contributed by atoms with Gasteiger partial charge in [-0.05, 0) is 38.5 Å². The van der Waals surface area contributed by atoms with E-state index in [2.05, 4.69) is 15.6 Å². The Hall–Kier alpha value is -1.39. The number of rotatable bonds is 4. The molecule has 28 heavy (non-hydrogen) atoms. The molecule has 0 fully saturated rings. The number of fused-ring (bicyclic) bond motifs is 1. The molecule has 1 aliphatic heterocycles. The number of nitrogens with zero attached hydrogens (tertiary/aromatic N) is 2. The zero-order chi connectivity index (χ0) is 20.6. The van der Waals surface area contributed by atoms with E-state index in [4.69, 9.17) is 23.2 Å². The largest absolute Gasteiger partial charge is 0.336 e. The Morgan fingerprint density at radius 1 is 1.29 bits per heavy atom. The molecule has 1 aromatic heterocycles. The highest BCUT2D eigenvalue weighted by Crippen LogP contribution is 2.34. The number of anilines is 1. The molecule has 2 heterocycles. The average molecular weight is 463 g/mol. The van der Waals surface area contributed by atoms with Gasteiger partial charge in [-0.1, -0.05) is 34.5 Å². The molecule has 0 unspecified atom stereocenters. The van der Waals surface area contributed by atoms with Crippen molar-refractivity contribution < 1.29 is 13.2 Å². The van der Waals surface area contributed by atoms with Crippen LogP contribution in [0.4, 0.5) is 9.93 Å². The van der Waals surface area contributed by atoms with Gasteiger partial charge in [0.25, 0.3) is 0 Å². The van der Waals surface area contributed by atoms with Crippen molar-refractivity contribution >= 4 is 55.7 Å². The van der Waals surface area contributed by atoms with Crippen LogP contribution in [0, 0.1) is 6.92 Å². The molecule has 2 amide bonds. The molecule has 2 aromatic rings. The summed E-state index contributed by atoms with van der Waals surface area (Å²) in [5, 5.41) is 6.38. The van der Waals surface area contributed by atoms with Crippen LogP contribution < -0.4 is 10.6 Å². The van der Waals surface area contributed by atoms with Crippen LogP contribution in [0.15, 0.2) is 17.0 Å². The molecule has 7 nitrogen and oxygen atoms in total. The fourth-order valence-corrected chi connectivity index (χ4v) is 6.11. The number of thiazole rings is 1. The number of carbonyl (C=O) groups excluding carboxylic acids is 1. The Balaban J connectivity index is 1.81. The van der Waals surface area contributed by atoms with E-state index in [1.54, 1.807) is 6.92 Å². The number of hydrogen-bond acceptors (Lipinski definition) is 5. The quantitative estimate of drug-likeness (QED) is 0.716. The van der Waals surface area contributed by atoms with Crippen molar-refractivity contribution in [3.05, 3.63) is 38.3 Å². The first kappa shape index (κ1) is 21.3. The maximum Gasteiger partial charge on any atom is 0.321 e. The highest BCUT2D eigenvalue weighted by atomic mass is 35.5. The average Bonchev–Trinajstić information content (AvgIpc) is 2.98. The minimum Gasteiger partial charge on any atom is -0.336 e.